The normalized spacial score (nSPS) is 9.64. The van der Waals surface area contributed by atoms with Crippen molar-refractivity contribution in [2.75, 3.05) is 18.6 Å². The summed E-state index contributed by atoms with van der Waals surface area (Å²) in [5.41, 5.74) is 1.27. The maximum atomic E-state index is 4.19. The van der Waals surface area contributed by atoms with E-state index in [1.54, 1.807) is 18.0 Å². The van der Waals surface area contributed by atoms with Gasteiger partial charge in [-0.3, -0.25) is 0 Å². The monoisotopic (exact) mass is 168 g/mol. The van der Waals surface area contributed by atoms with Gasteiger partial charge in [-0.05, 0) is 12.3 Å². The number of hydrogen-bond acceptors (Lipinski definition) is 3. The Morgan fingerprint density at radius 2 is 2.45 bits per heavy atom. The standard InChI is InChI=1S/C8H12N2S/c1-9-8-7(6-11-2)4-3-5-10-8/h3-5H,6H2,1-2H3,(H,9,10). The first-order chi connectivity index (χ1) is 5.38. The molecule has 0 saturated carbocycles. The van der Waals surface area contributed by atoms with Crippen LogP contribution in [0.5, 0.6) is 0 Å². The van der Waals surface area contributed by atoms with Crippen molar-refractivity contribution in [2.24, 2.45) is 0 Å². The second-order valence-electron chi connectivity index (χ2n) is 2.19. The fraction of sp³-hybridized carbons (Fsp3) is 0.375. The fourth-order valence-corrected chi connectivity index (χ4v) is 1.48. The second-order valence-corrected chi connectivity index (χ2v) is 3.06. The van der Waals surface area contributed by atoms with Crippen molar-refractivity contribution in [3.05, 3.63) is 23.9 Å². The zero-order chi connectivity index (χ0) is 8.10. The van der Waals surface area contributed by atoms with E-state index in [1.807, 2.05) is 13.1 Å². The van der Waals surface area contributed by atoms with Crippen molar-refractivity contribution in [3.8, 4) is 0 Å². The molecule has 0 unspecified atom stereocenters. The van der Waals surface area contributed by atoms with Crippen LogP contribution in [0.2, 0.25) is 0 Å². The van der Waals surface area contributed by atoms with Gasteiger partial charge in [-0.2, -0.15) is 11.8 Å². The first-order valence-electron chi connectivity index (χ1n) is 3.49. The summed E-state index contributed by atoms with van der Waals surface area (Å²) in [7, 11) is 1.90. The first kappa shape index (κ1) is 8.40. The second kappa shape index (κ2) is 4.23. The average molecular weight is 168 g/mol. The highest BCUT2D eigenvalue weighted by atomic mass is 32.2. The first-order valence-corrected chi connectivity index (χ1v) is 4.88. The van der Waals surface area contributed by atoms with Gasteiger partial charge >= 0.3 is 0 Å². The Hall–Kier alpha value is -0.700. The van der Waals surface area contributed by atoms with E-state index in [1.165, 1.54) is 5.56 Å². The zero-order valence-corrected chi connectivity index (χ0v) is 7.61. The Labute approximate surface area is 71.4 Å². The van der Waals surface area contributed by atoms with Crippen LogP contribution < -0.4 is 5.32 Å². The Balaban J connectivity index is 2.83. The fourth-order valence-electron chi connectivity index (χ4n) is 0.936. The van der Waals surface area contributed by atoms with Gasteiger partial charge in [0.1, 0.15) is 5.82 Å². The van der Waals surface area contributed by atoms with Crippen LogP contribution >= 0.6 is 11.8 Å². The van der Waals surface area contributed by atoms with Gasteiger partial charge in [0.25, 0.3) is 0 Å². The molecule has 0 bridgehead atoms. The molecular weight excluding hydrogens is 156 g/mol. The predicted octanol–water partition coefficient (Wildman–Crippen LogP) is 1.99. The van der Waals surface area contributed by atoms with Gasteiger partial charge in [0, 0.05) is 24.6 Å². The maximum absolute atomic E-state index is 4.19. The van der Waals surface area contributed by atoms with E-state index >= 15 is 0 Å². The van der Waals surface area contributed by atoms with Crippen LogP contribution in [0.25, 0.3) is 0 Å². The quantitative estimate of drug-likeness (QED) is 0.747. The van der Waals surface area contributed by atoms with Crippen LogP contribution in [0.3, 0.4) is 0 Å². The number of rotatable bonds is 3. The van der Waals surface area contributed by atoms with Crippen molar-refractivity contribution >= 4 is 17.6 Å². The van der Waals surface area contributed by atoms with Crippen molar-refractivity contribution in [3.63, 3.8) is 0 Å². The van der Waals surface area contributed by atoms with Gasteiger partial charge in [0.15, 0.2) is 0 Å². The summed E-state index contributed by atoms with van der Waals surface area (Å²) in [5, 5.41) is 3.06. The molecule has 0 spiro atoms. The predicted molar refractivity (Wildman–Crippen MR) is 51.0 cm³/mol. The Morgan fingerprint density at radius 1 is 1.64 bits per heavy atom. The summed E-state index contributed by atoms with van der Waals surface area (Å²) in [6.07, 6.45) is 3.89. The third kappa shape index (κ3) is 2.12. The third-order valence-electron chi connectivity index (χ3n) is 1.43. The Morgan fingerprint density at radius 3 is 3.09 bits per heavy atom. The van der Waals surface area contributed by atoms with E-state index in [-0.39, 0.29) is 0 Å². The van der Waals surface area contributed by atoms with Crippen LogP contribution in [0.4, 0.5) is 5.82 Å². The summed E-state index contributed by atoms with van der Waals surface area (Å²) < 4.78 is 0. The molecule has 0 aliphatic heterocycles. The molecule has 1 heterocycles. The lowest BCUT2D eigenvalue weighted by atomic mass is 10.3. The van der Waals surface area contributed by atoms with Gasteiger partial charge in [-0.15, -0.1) is 0 Å². The van der Waals surface area contributed by atoms with Gasteiger partial charge in [0.2, 0.25) is 0 Å². The smallest absolute Gasteiger partial charge is 0.129 e. The van der Waals surface area contributed by atoms with Crippen LogP contribution in [0.1, 0.15) is 5.56 Å². The van der Waals surface area contributed by atoms with E-state index in [4.69, 9.17) is 0 Å². The van der Waals surface area contributed by atoms with Crippen molar-refractivity contribution in [1.29, 1.82) is 0 Å². The molecule has 0 aliphatic rings. The molecule has 0 amide bonds. The molecule has 0 aromatic carbocycles. The lowest BCUT2D eigenvalue weighted by Gasteiger charge is -2.04. The minimum absolute atomic E-state index is 0.988. The lowest BCUT2D eigenvalue weighted by Crippen LogP contribution is -1.96. The van der Waals surface area contributed by atoms with Gasteiger partial charge in [-0.1, -0.05) is 6.07 Å². The number of nitrogens with zero attached hydrogens (tertiary/aromatic N) is 1. The Kier molecular flexibility index (Phi) is 3.23. The lowest BCUT2D eigenvalue weighted by molar-refractivity contribution is 1.23. The van der Waals surface area contributed by atoms with E-state index in [9.17, 15) is 0 Å². The molecule has 1 aromatic rings. The largest absolute Gasteiger partial charge is 0.373 e. The van der Waals surface area contributed by atoms with Crippen LogP contribution in [-0.4, -0.2) is 18.3 Å². The molecule has 3 heteroatoms. The summed E-state index contributed by atoms with van der Waals surface area (Å²) in [4.78, 5) is 4.19. The molecule has 1 aromatic heterocycles. The molecule has 60 valence electrons. The summed E-state index contributed by atoms with van der Waals surface area (Å²) in [5.74, 6) is 2.01. The van der Waals surface area contributed by atoms with E-state index in [0.717, 1.165) is 11.6 Å². The van der Waals surface area contributed by atoms with Crippen molar-refractivity contribution < 1.29 is 0 Å². The van der Waals surface area contributed by atoms with E-state index in [0.29, 0.717) is 0 Å². The molecule has 11 heavy (non-hydrogen) atoms. The van der Waals surface area contributed by atoms with Gasteiger partial charge in [-0.25, -0.2) is 4.98 Å². The molecule has 1 rings (SSSR count). The number of pyridine rings is 1. The summed E-state index contributed by atoms with van der Waals surface area (Å²) >= 11 is 1.80. The van der Waals surface area contributed by atoms with Crippen LogP contribution in [-0.2, 0) is 5.75 Å². The van der Waals surface area contributed by atoms with Gasteiger partial charge in [0.05, 0.1) is 0 Å². The Bertz CT molecular complexity index is 225. The zero-order valence-electron chi connectivity index (χ0n) is 6.79. The number of hydrogen-bond donors (Lipinski definition) is 1. The highest BCUT2D eigenvalue weighted by molar-refractivity contribution is 7.97. The molecule has 0 radical (unpaired) electrons. The SMILES string of the molecule is CNc1ncccc1CSC. The van der Waals surface area contributed by atoms with E-state index in [2.05, 4.69) is 22.6 Å². The average Bonchev–Trinajstić information content (AvgIpc) is 2.06. The minimum Gasteiger partial charge on any atom is -0.373 e. The number of thioether (sulfide) groups is 1. The van der Waals surface area contributed by atoms with Crippen molar-refractivity contribution in [2.45, 2.75) is 5.75 Å². The number of anilines is 1. The topological polar surface area (TPSA) is 24.9 Å². The summed E-state index contributed by atoms with van der Waals surface area (Å²) in [6, 6.07) is 4.06. The highest BCUT2D eigenvalue weighted by Gasteiger charge is 1.97. The van der Waals surface area contributed by atoms with E-state index < -0.39 is 0 Å². The maximum Gasteiger partial charge on any atom is 0.129 e. The number of nitrogens with one attached hydrogen (secondary N) is 1. The molecule has 2 nitrogen and oxygen atoms in total. The molecular formula is C8H12N2S. The molecule has 0 saturated heterocycles. The van der Waals surface area contributed by atoms with Gasteiger partial charge < -0.3 is 5.32 Å². The van der Waals surface area contributed by atoms with Crippen LogP contribution in [0.15, 0.2) is 18.3 Å². The highest BCUT2D eigenvalue weighted by Crippen LogP contribution is 2.15. The molecule has 0 fully saturated rings. The molecule has 1 N–H and O–H groups in total. The van der Waals surface area contributed by atoms with Crippen molar-refractivity contribution in [1.82, 2.24) is 4.98 Å². The van der Waals surface area contributed by atoms with Crippen LogP contribution in [0, 0.1) is 0 Å². The molecule has 0 atom stereocenters. The third-order valence-corrected chi connectivity index (χ3v) is 2.03. The minimum atomic E-state index is 0.988. The number of aromatic nitrogens is 1. The molecule has 0 aliphatic carbocycles. The summed E-state index contributed by atoms with van der Waals surface area (Å²) in [6.45, 7) is 0.